The van der Waals surface area contributed by atoms with E-state index < -0.39 is 6.23 Å². The first-order valence-corrected chi connectivity index (χ1v) is 7.61. The molecule has 2 N–H and O–H groups in total. The Bertz CT molecular complexity index is 676. The number of hydrogen-bond acceptors (Lipinski definition) is 4. The molecule has 0 bridgehead atoms. The molecule has 2 aromatic rings. The fraction of sp³-hybridized carbons (Fsp3) is 0.267. The van der Waals surface area contributed by atoms with Crippen LogP contribution in [0.4, 0.5) is 5.00 Å². The van der Waals surface area contributed by atoms with Gasteiger partial charge in [-0.25, -0.2) is 0 Å². The number of fused-ring (bicyclic) bond motifs is 1. The number of benzene rings is 1. The highest BCUT2D eigenvalue weighted by molar-refractivity contribution is 7.16. The molecule has 0 spiro atoms. The molecule has 0 saturated carbocycles. The topological polar surface area (TPSA) is 44.6 Å². The maximum atomic E-state index is 9.91. The summed E-state index contributed by atoms with van der Waals surface area (Å²) in [6, 6.07) is 7.66. The molecule has 5 heteroatoms. The van der Waals surface area contributed by atoms with Crippen molar-refractivity contribution in [3.8, 4) is 0 Å². The van der Waals surface area contributed by atoms with Crippen LogP contribution in [0, 0.1) is 13.8 Å². The summed E-state index contributed by atoms with van der Waals surface area (Å²) in [5.74, 6) is 0. The van der Waals surface area contributed by atoms with E-state index in [0.717, 1.165) is 21.8 Å². The zero-order chi connectivity index (χ0) is 14.3. The van der Waals surface area contributed by atoms with E-state index in [1.165, 1.54) is 10.4 Å². The maximum Gasteiger partial charge on any atom is 0.144 e. The lowest BCUT2D eigenvalue weighted by Gasteiger charge is -2.08. The van der Waals surface area contributed by atoms with Gasteiger partial charge in [0.25, 0.3) is 0 Å². The number of aliphatic hydroxyl groups excluding tert-OH is 1. The highest BCUT2D eigenvalue weighted by Gasteiger charge is 2.23. The molecule has 3 rings (SSSR count). The lowest BCUT2D eigenvalue weighted by atomic mass is 10.00. The fourth-order valence-electron chi connectivity index (χ4n) is 2.31. The first kappa shape index (κ1) is 13.6. The summed E-state index contributed by atoms with van der Waals surface area (Å²) in [5, 5.41) is 14.7. The Kier molecular flexibility index (Phi) is 3.54. The van der Waals surface area contributed by atoms with Gasteiger partial charge in [0.05, 0.1) is 12.3 Å². The number of aliphatic hydroxyl groups is 1. The Balaban J connectivity index is 2.17. The number of anilines is 1. The van der Waals surface area contributed by atoms with Gasteiger partial charge < -0.3 is 10.4 Å². The molecule has 2 heterocycles. The minimum absolute atomic E-state index is 0.345. The van der Waals surface area contributed by atoms with E-state index in [1.54, 1.807) is 11.3 Å². The third-order valence-electron chi connectivity index (χ3n) is 3.46. The molecule has 104 valence electrons. The van der Waals surface area contributed by atoms with E-state index in [1.807, 2.05) is 24.3 Å². The predicted molar refractivity (Wildman–Crippen MR) is 85.4 cm³/mol. The molecular weight excluding hydrogens is 292 g/mol. The van der Waals surface area contributed by atoms with E-state index in [2.05, 4.69) is 24.2 Å². The number of nitrogens with zero attached hydrogens (tertiary/aromatic N) is 1. The monoisotopic (exact) mass is 306 g/mol. The molecule has 1 aromatic carbocycles. The molecule has 0 aliphatic carbocycles. The smallest absolute Gasteiger partial charge is 0.144 e. The van der Waals surface area contributed by atoms with Crippen LogP contribution in [0.2, 0.25) is 5.02 Å². The van der Waals surface area contributed by atoms with Crippen molar-refractivity contribution >= 4 is 33.7 Å². The Morgan fingerprint density at radius 1 is 1.30 bits per heavy atom. The fourth-order valence-corrected chi connectivity index (χ4v) is 3.55. The van der Waals surface area contributed by atoms with Crippen LogP contribution in [0.15, 0.2) is 29.3 Å². The zero-order valence-corrected chi connectivity index (χ0v) is 12.8. The second-order valence-electron chi connectivity index (χ2n) is 4.84. The molecule has 1 aromatic heterocycles. The molecule has 1 aliphatic heterocycles. The van der Waals surface area contributed by atoms with Crippen LogP contribution in [0.25, 0.3) is 0 Å². The molecule has 1 aliphatic rings. The van der Waals surface area contributed by atoms with Crippen LogP contribution < -0.4 is 5.32 Å². The third kappa shape index (κ3) is 2.35. The first-order valence-electron chi connectivity index (χ1n) is 6.41. The van der Waals surface area contributed by atoms with Crippen LogP contribution in [-0.4, -0.2) is 23.6 Å². The van der Waals surface area contributed by atoms with Crippen molar-refractivity contribution in [2.75, 3.05) is 11.9 Å². The number of aliphatic imine (C=N–C) groups is 1. The minimum atomic E-state index is -0.643. The van der Waals surface area contributed by atoms with Gasteiger partial charge in [-0.15, -0.1) is 11.3 Å². The zero-order valence-electron chi connectivity index (χ0n) is 11.3. The summed E-state index contributed by atoms with van der Waals surface area (Å²) in [7, 11) is 0. The first-order chi connectivity index (χ1) is 9.56. The Hall–Kier alpha value is -1.36. The summed E-state index contributed by atoms with van der Waals surface area (Å²) in [4.78, 5) is 5.82. The standard InChI is InChI=1S/C15H15ClN2OS/c1-8-9(2)20-15-13(8)14(17-7-12(19)18-15)10-3-5-11(16)6-4-10/h3-6,12,18-19H,7H2,1-2H3. The molecule has 0 amide bonds. The Morgan fingerprint density at radius 3 is 2.70 bits per heavy atom. The lowest BCUT2D eigenvalue weighted by molar-refractivity contribution is 0.213. The number of hydrogen-bond donors (Lipinski definition) is 2. The maximum absolute atomic E-state index is 9.91. The summed E-state index contributed by atoms with van der Waals surface area (Å²) >= 11 is 7.61. The summed E-state index contributed by atoms with van der Waals surface area (Å²) in [6.07, 6.45) is -0.643. The molecule has 3 nitrogen and oxygen atoms in total. The molecular formula is C15H15ClN2OS. The molecule has 1 unspecified atom stereocenters. The SMILES string of the molecule is Cc1sc2c(c1C)C(c1ccc(Cl)cc1)=NCC(O)N2. The lowest BCUT2D eigenvalue weighted by Crippen LogP contribution is -2.20. The van der Waals surface area contributed by atoms with E-state index in [4.69, 9.17) is 11.6 Å². The minimum Gasteiger partial charge on any atom is -0.372 e. The van der Waals surface area contributed by atoms with Crippen molar-refractivity contribution in [2.45, 2.75) is 20.1 Å². The molecule has 1 atom stereocenters. The Labute approximate surface area is 126 Å². The van der Waals surface area contributed by atoms with Crippen molar-refractivity contribution < 1.29 is 5.11 Å². The van der Waals surface area contributed by atoms with Crippen LogP contribution in [0.1, 0.15) is 21.6 Å². The van der Waals surface area contributed by atoms with Crippen molar-refractivity contribution in [2.24, 2.45) is 4.99 Å². The van der Waals surface area contributed by atoms with E-state index in [9.17, 15) is 5.11 Å². The number of halogens is 1. The number of aryl methyl sites for hydroxylation is 1. The van der Waals surface area contributed by atoms with E-state index >= 15 is 0 Å². The Morgan fingerprint density at radius 2 is 2.00 bits per heavy atom. The van der Waals surface area contributed by atoms with Gasteiger partial charge in [0.15, 0.2) is 0 Å². The van der Waals surface area contributed by atoms with Crippen molar-refractivity contribution in [1.29, 1.82) is 0 Å². The molecule has 0 radical (unpaired) electrons. The number of thiophene rings is 1. The second kappa shape index (κ2) is 5.20. The van der Waals surface area contributed by atoms with Crippen LogP contribution in [0.5, 0.6) is 0 Å². The average molecular weight is 307 g/mol. The summed E-state index contributed by atoms with van der Waals surface area (Å²) in [6.45, 7) is 4.52. The van der Waals surface area contributed by atoms with Crippen molar-refractivity contribution in [3.05, 3.63) is 50.9 Å². The molecule has 20 heavy (non-hydrogen) atoms. The number of rotatable bonds is 1. The van der Waals surface area contributed by atoms with Gasteiger partial charge in [-0.3, -0.25) is 4.99 Å². The predicted octanol–water partition coefficient (Wildman–Crippen LogP) is 3.60. The highest BCUT2D eigenvalue weighted by Crippen LogP contribution is 2.36. The van der Waals surface area contributed by atoms with Gasteiger partial charge >= 0.3 is 0 Å². The summed E-state index contributed by atoms with van der Waals surface area (Å²) < 4.78 is 0. The normalized spacial score (nSPS) is 18.0. The average Bonchev–Trinajstić information content (AvgIpc) is 2.59. The quantitative estimate of drug-likeness (QED) is 0.845. The van der Waals surface area contributed by atoms with Crippen LogP contribution in [0.3, 0.4) is 0 Å². The highest BCUT2D eigenvalue weighted by atomic mass is 35.5. The summed E-state index contributed by atoms with van der Waals surface area (Å²) in [5.41, 5.74) is 4.24. The second-order valence-corrected chi connectivity index (χ2v) is 6.50. The van der Waals surface area contributed by atoms with Gasteiger partial charge in [0, 0.05) is 21.0 Å². The van der Waals surface area contributed by atoms with Gasteiger partial charge in [-0.05, 0) is 31.5 Å². The van der Waals surface area contributed by atoms with Crippen LogP contribution >= 0.6 is 22.9 Å². The van der Waals surface area contributed by atoms with Crippen molar-refractivity contribution in [1.82, 2.24) is 0 Å². The van der Waals surface area contributed by atoms with Gasteiger partial charge in [0.1, 0.15) is 11.2 Å². The van der Waals surface area contributed by atoms with E-state index in [-0.39, 0.29) is 0 Å². The van der Waals surface area contributed by atoms with Gasteiger partial charge in [0.2, 0.25) is 0 Å². The molecule has 0 fully saturated rings. The largest absolute Gasteiger partial charge is 0.372 e. The van der Waals surface area contributed by atoms with E-state index in [0.29, 0.717) is 11.6 Å². The van der Waals surface area contributed by atoms with Gasteiger partial charge in [-0.2, -0.15) is 0 Å². The third-order valence-corrected chi connectivity index (χ3v) is 4.85. The molecule has 0 saturated heterocycles. The van der Waals surface area contributed by atoms with Crippen LogP contribution in [-0.2, 0) is 0 Å². The van der Waals surface area contributed by atoms with Gasteiger partial charge in [-0.1, -0.05) is 23.7 Å². The van der Waals surface area contributed by atoms with Crippen molar-refractivity contribution in [3.63, 3.8) is 0 Å². The number of nitrogens with one attached hydrogen (secondary N) is 1.